The Bertz CT molecular complexity index is 541. The van der Waals surface area contributed by atoms with Gasteiger partial charge in [0.15, 0.2) is 0 Å². The molecule has 27 heavy (non-hydrogen) atoms. The zero-order chi connectivity index (χ0) is 19.3. The van der Waals surface area contributed by atoms with Gasteiger partial charge in [0.1, 0.15) is 12.1 Å². The zero-order valence-corrected chi connectivity index (χ0v) is 19.0. The summed E-state index contributed by atoms with van der Waals surface area (Å²) in [5.41, 5.74) is 0. The quantitative estimate of drug-likeness (QED) is 0.468. The number of nitrogens with one attached hydrogen (secondary N) is 1. The number of likely N-dealkylation sites (tertiary alicyclic amines) is 1. The van der Waals surface area contributed by atoms with Gasteiger partial charge in [0.25, 0.3) is 0 Å². The van der Waals surface area contributed by atoms with Gasteiger partial charge in [-0.1, -0.05) is 26.2 Å². The Hall–Kier alpha value is -0.370. The van der Waals surface area contributed by atoms with Crippen LogP contribution in [0.5, 0.6) is 0 Å². The monoisotopic (exact) mass is 410 g/mol. The predicted molar refractivity (Wildman–Crippen MR) is 105 cm³/mol. The van der Waals surface area contributed by atoms with Gasteiger partial charge in [-0.2, -0.15) is 0 Å². The summed E-state index contributed by atoms with van der Waals surface area (Å²) in [5.74, 6) is -1.24. The van der Waals surface area contributed by atoms with E-state index in [9.17, 15) is 19.5 Å². The van der Waals surface area contributed by atoms with Gasteiger partial charge < -0.3 is 17.6 Å². The molecule has 7 nitrogen and oxygen atoms in total. The van der Waals surface area contributed by atoms with Gasteiger partial charge in [0, 0.05) is 6.04 Å². The van der Waals surface area contributed by atoms with Crippen molar-refractivity contribution in [3.8, 4) is 0 Å². The Morgan fingerprint density at radius 1 is 1.26 bits per heavy atom. The number of carboxylic acid groups (broad SMARTS) is 1. The number of carbonyl (C=O) groups is 3. The van der Waals surface area contributed by atoms with E-state index in [1.807, 2.05) is 6.92 Å². The number of fused-ring (bicyclic) bond motifs is 1. The second kappa shape index (κ2) is 11.6. The number of nitrogens with zero attached hydrogens (tertiary/aromatic N) is 1. The summed E-state index contributed by atoms with van der Waals surface area (Å²) in [6.07, 6.45) is 5.87. The first kappa shape index (κ1) is 24.7. The van der Waals surface area contributed by atoms with Crippen LogP contribution in [0, 0.1) is 5.92 Å². The first-order chi connectivity index (χ1) is 12.4. The van der Waals surface area contributed by atoms with Gasteiger partial charge >= 0.3 is 49.7 Å². The van der Waals surface area contributed by atoms with Crippen LogP contribution in [0.15, 0.2) is 0 Å². The third-order valence-corrected chi connectivity index (χ3v) is 5.60. The van der Waals surface area contributed by atoms with Crippen molar-refractivity contribution in [2.24, 2.45) is 5.92 Å². The van der Waals surface area contributed by atoms with Crippen molar-refractivity contribution in [2.75, 3.05) is 6.61 Å². The number of aliphatic carboxylic acids is 1. The zero-order valence-electron chi connectivity index (χ0n) is 18.8. The summed E-state index contributed by atoms with van der Waals surface area (Å²) in [7, 11) is 0. The van der Waals surface area contributed by atoms with Crippen LogP contribution >= 0.6 is 0 Å². The molecule has 8 heteroatoms. The molecular weight excluding hydrogens is 376 g/mol. The fourth-order valence-electron chi connectivity index (χ4n) is 4.39. The maximum Gasteiger partial charge on any atom is 2.00 e. The van der Waals surface area contributed by atoms with Gasteiger partial charge in [-0.05, 0) is 45.4 Å². The van der Waals surface area contributed by atoms with Gasteiger partial charge in [0.05, 0.1) is 12.6 Å². The topological polar surface area (TPSA) is 95.9 Å². The van der Waals surface area contributed by atoms with Gasteiger partial charge in [0.2, 0.25) is 5.91 Å². The summed E-state index contributed by atoms with van der Waals surface area (Å²) in [5, 5.41) is 12.7. The van der Waals surface area contributed by atoms with E-state index < -0.39 is 24.1 Å². The van der Waals surface area contributed by atoms with Gasteiger partial charge in [-0.3, -0.25) is 14.9 Å². The molecule has 0 bridgehead atoms. The van der Waals surface area contributed by atoms with Crippen LogP contribution < -0.4 is 5.32 Å². The van der Waals surface area contributed by atoms with Crippen LogP contribution in [0.3, 0.4) is 0 Å². The minimum atomic E-state index is -0.935. The second-order valence-corrected chi connectivity index (χ2v) is 7.43. The fraction of sp³-hybridized carbons (Fsp3) is 0.842. The fourth-order valence-corrected chi connectivity index (χ4v) is 4.39. The van der Waals surface area contributed by atoms with E-state index >= 15 is 0 Å². The van der Waals surface area contributed by atoms with Crippen LogP contribution in [0.25, 0.3) is 0 Å². The Labute approximate surface area is 194 Å². The van der Waals surface area contributed by atoms with Crippen molar-refractivity contribution < 1.29 is 27.1 Å². The number of amides is 1. The number of hydrogen-bond acceptors (Lipinski definition) is 5. The smallest absolute Gasteiger partial charge is 1.00 e. The summed E-state index contributed by atoms with van der Waals surface area (Å²) < 4.78 is 5.09. The van der Waals surface area contributed by atoms with Crippen molar-refractivity contribution in [1.29, 1.82) is 0 Å². The molecule has 5 atom stereocenters. The molecule has 0 radical (unpaired) electrons. The van der Waals surface area contributed by atoms with Crippen molar-refractivity contribution in [3.05, 3.63) is 0 Å². The molecule has 1 aliphatic heterocycles. The Morgan fingerprint density at radius 3 is 2.52 bits per heavy atom. The van der Waals surface area contributed by atoms with E-state index in [-0.39, 0.29) is 64.4 Å². The van der Waals surface area contributed by atoms with Crippen molar-refractivity contribution in [2.45, 2.75) is 89.9 Å². The van der Waals surface area contributed by atoms with E-state index in [0.717, 1.165) is 32.1 Å². The third kappa shape index (κ3) is 6.05. The molecule has 1 amide bonds. The van der Waals surface area contributed by atoms with E-state index in [4.69, 9.17) is 4.74 Å². The number of hydrogen-bond donors (Lipinski definition) is 2. The molecule has 2 N–H and O–H groups in total. The van der Waals surface area contributed by atoms with Crippen LogP contribution in [-0.2, 0) is 19.1 Å². The molecule has 1 aliphatic carbocycles. The van der Waals surface area contributed by atoms with E-state index in [2.05, 4.69) is 5.32 Å². The molecule has 1 saturated heterocycles. The van der Waals surface area contributed by atoms with Crippen LogP contribution in [0.1, 0.15) is 68.6 Å². The molecule has 2 rings (SSSR count). The number of ether oxygens (including phenoxy) is 1. The third-order valence-electron chi connectivity index (χ3n) is 5.60. The summed E-state index contributed by atoms with van der Waals surface area (Å²) in [4.78, 5) is 38.5. The average Bonchev–Trinajstić information content (AvgIpc) is 3.00. The van der Waals surface area contributed by atoms with E-state index in [1.54, 1.807) is 18.7 Å². The Morgan fingerprint density at radius 2 is 1.93 bits per heavy atom. The summed E-state index contributed by atoms with van der Waals surface area (Å²) in [6, 6.07) is -1.92. The molecule has 2 unspecified atom stereocenters. The number of carbonyl (C=O) groups excluding carboxylic acids is 2. The van der Waals surface area contributed by atoms with Gasteiger partial charge in [-0.15, -0.1) is 0 Å². The normalized spacial score (nSPS) is 26.5. The number of esters is 1. The molecule has 2 fully saturated rings. The van der Waals surface area contributed by atoms with E-state index in [0.29, 0.717) is 19.4 Å². The SMILES string of the molecule is CCCC(NC(C)C(=O)N1[C@H](C(=O)O)C[C@@H]2CCCC[C@@H]21)C(=O)OCC.[Ca+2].[H-].[H-]. The molecule has 0 aromatic carbocycles. The molecule has 2 aliphatic rings. The Balaban J connectivity index is 0. The molecule has 0 aromatic heterocycles. The first-order valence-corrected chi connectivity index (χ1v) is 9.88. The molecule has 1 saturated carbocycles. The first-order valence-electron chi connectivity index (χ1n) is 9.88. The predicted octanol–water partition coefficient (Wildman–Crippen LogP) is 1.78. The van der Waals surface area contributed by atoms with Crippen molar-refractivity contribution in [3.63, 3.8) is 0 Å². The second-order valence-electron chi connectivity index (χ2n) is 7.43. The van der Waals surface area contributed by atoms with Crippen LogP contribution in [0.2, 0.25) is 0 Å². The molecule has 1 heterocycles. The molecule has 0 spiro atoms. The maximum atomic E-state index is 13.1. The van der Waals surface area contributed by atoms with Crippen molar-refractivity contribution >= 4 is 55.6 Å². The average molecular weight is 411 g/mol. The maximum absolute atomic E-state index is 13.1. The van der Waals surface area contributed by atoms with Crippen LogP contribution in [-0.4, -0.2) is 96.4 Å². The summed E-state index contributed by atoms with van der Waals surface area (Å²) in [6.45, 7) is 5.72. The van der Waals surface area contributed by atoms with Crippen molar-refractivity contribution in [1.82, 2.24) is 10.2 Å². The Kier molecular flexibility index (Phi) is 10.6. The summed E-state index contributed by atoms with van der Waals surface area (Å²) >= 11 is 0. The molecule has 152 valence electrons. The number of rotatable bonds is 8. The minimum absolute atomic E-state index is 0. The largest absolute Gasteiger partial charge is 2.00 e. The molecule has 0 aromatic rings. The standard InChI is InChI=1S/C19H32N2O5.Ca.2H/c1-4-8-14(19(25)26-5-2)20-12(3)17(22)21-15-10-7-6-9-13(15)11-16(21)18(23)24;;;/h12-16,20H,4-11H2,1-3H3,(H,23,24);;;/q;+2;2*-1/t12?,13-,14?,15-,16-;;;/m0.../s1. The number of carboxylic acids is 1. The van der Waals surface area contributed by atoms with Crippen LogP contribution in [0.4, 0.5) is 0 Å². The minimum Gasteiger partial charge on any atom is -1.00 e. The van der Waals surface area contributed by atoms with E-state index in [1.165, 1.54) is 0 Å². The molecular formula is C19H34CaN2O5. The van der Waals surface area contributed by atoms with Gasteiger partial charge in [-0.25, -0.2) is 4.79 Å².